The summed E-state index contributed by atoms with van der Waals surface area (Å²) < 4.78 is 28.4. The number of carbonyl (C=O) groups is 2. The van der Waals surface area contributed by atoms with Gasteiger partial charge in [0.1, 0.15) is 11.5 Å². The Morgan fingerprint density at radius 3 is 1.45 bits per heavy atom. The molecule has 0 saturated carbocycles. The third-order valence-corrected chi connectivity index (χ3v) is 9.55. The molecule has 0 unspecified atom stereocenters. The minimum absolute atomic E-state index is 0.319. The Labute approximate surface area is 240 Å². The highest BCUT2D eigenvalue weighted by Gasteiger charge is 2.39. The van der Waals surface area contributed by atoms with E-state index in [0.29, 0.717) is 56.9 Å². The van der Waals surface area contributed by atoms with Gasteiger partial charge < -0.3 is 33.4 Å². The predicted octanol–water partition coefficient (Wildman–Crippen LogP) is 6.43. The molecule has 2 rings (SSSR count). The lowest BCUT2D eigenvalue weighted by Gasteiger charge is -2.28. The van der Waals surface area contributed by atoms with Crippen LogP contribution in [0.3, 0.4) is 0 Å². The zero-order valence-electron chi connectivity index (χ0n) is 24.8. The van der Waals surface area contributed by atoms with Gasteiger partial charge in [0.25, 0.3) is 0 Å². The number of rotatable bonds is 17. The van der Waals surface area contributed by atoms with E-state index < -0.39 is 21.0 Å². The first-order valence-corrected chi connectivity index (χ1v) is 16.2. The molecular formula is C30H46N2O7Si. The van der Waals surface area contributed by atoms with Crippen LogP contribution in [0.5, 0.6) is 11.5 Å². The van der Waals surface area contributed by atoms with Crippen LogP contribution in [0.4, 0.5) is 9.59 Å². The van der Waals surface area contributed by atoms with Gasteiger partial charge in [0.15, 0.2) is 0 Å². The largest absolute Gasteiger partial charge is 0.500 e. The van der Waals surface area contributed by atoms with Crippen LogP contribution in [0.15, 0.2) is 48.5 Å². The molecule has 0 aliphatic carbocycles. The highest BCUT2D eigenvalue weighted by Crippen LogP contribution is 2.33. The lowest BCUT2D eigenvalue weighted by molar-refractivity contribution is 0.0707. The summed E-state index contributed by atoms with van der Waals surface area (Å²) >= 11 is 0. The van der Waals surface area contributed by atoms with Gasteiger partial charge in [-0.2, -0.15) is 0 Å². The lowest BCUT2D eigenvalue weighted by Crippen LogP contribution is -2.46. The Morgan fingerprint density at radius 1 is 0.675 bits per heavy atom. The molecule has 10 heteroatoms. The van der Waals surface area contributed by atoms with E-state index in [1.54, 1.807) is 24.3 Å². The second kappa shape index (κ2) is 17.0. The predicted molar refractivity (Wildman–Crippen MR) is 158 cm³/mol. The van der Waals surface area contributed by atoms with Gasteiger partial charge in [-0.05, 0) is 69.0 Å². The fourth-order valence-electron chi connectivity index (χ4n) is 4.20. The molecule has 0 aliphatic heterocycles. The van der Waals surface area contributed by atoms with Gasteiger partial charge in [-0.25, -0.2) is 9.59 Å². The van der Waals surface area contributed by atoms with Crippen LogP contribution in [0.1, 0.15) is 71.9 Å². The monoisotopic (exact) mass is 574 g/mol. The topological polar surface area (TPSA) is 104 Å². The van der Waals surface area contributed by atoms with Crippen molar-refractivity contribution in [3.63, 3.8) is 0 Å². The van der Waals surface area contributed by atoms with E-state index in [0.717, 1.165) is 24.0 Å². The van der Waals surface area contributed by atoms with Crippen LogP contribution < -0.4 is 20.1 Å². The minimum atomic E-state index is -2.73. The Hall–Kier alpha value is -2.92. The van der Waals surface area contributed by atoms with Crippen molar-refractivity contribution in [2.45, 2.75) is 72.3 Å². The number of benzene rings is 2. The second-order valence-electron chi connectivity index (χ2n) is 9.75. The third kappa shape index (κ3) is 10.6. The van der Waals surface area contributed by atoms with Gasteiger partial charge in [-0.3, -0.25) is 0 Å². The summed E-state index contributed by atoms with van der Waals surface area (Å²) in [6.07, 6.45) is 1.61. The fraction of sp³-hybridized carbons (Fsp3) is 0.533. The van der Waals surface area contributed by atoms with Crippen molar-refractivity contribution in [2.75, 3.05) is 32.9 Å². The summed E-state index contributed by atoms with van der Waals surface area (Å²) in [6, 6.07) is 15.6. The van der Waals surface area contributed by atoms with E-state index in [2.05, 4.69) is 31.4 Å². The first-order chi connectivity index (χ1) is 19.2. The number of ether oxygens (including phenoxy) is 2. The first kappa shape index (κ1) is 33.3. The van der Waals surface area contributed by atoms with Crippen molar-refractivity contribution in [1.29, 1.82) is 0 Å². The molecule has 222 valence electrons. The van der Waals surface area contributed by atoms with Crippen molar-refractivity contribution in [3.05, 3.63) is 59.7 Å². The molecule has 0 bridgehead atoms. The summed E-state index contributed by atoms with van der Waals surface area (Å²) in [5.74, 6) is 0.946. The Bertz CT molecular complexity index is 1010. The lowest BCUT2D eigenvalue weighted by atomic mass is 9.78. The van der Waals surface area contributed by atoms with Crippen molar-refractivity contribution < 1.29 is 32.3 Å². The fourth-order valence-corrected chi connectivity index (χ4v) is 6.81. The average Bonchev–Trinajstić information content (AvgIpc) is 2.92. The van der Waals surface area contributed by atoms with E-state index in [-0.39, 0.29) is 5.41 Å². The minimum Gasteiger partial charge on any atom is -0.410 e. The number of nitrogens with one attached hydrogen (secondary N) is 2. The Morgan fingerprint density at radius 2 is 1.07 bits per heavy atom. The molecule has 0 radical (unpaired) electrons. The molecular weight excluding hydrogens is 528 g/mol. The maximum absolute atomic E-state index is 12.3. The highest BCUT2D eigenvalue weighted by atomic mass is 28.4. The maximum Gasteiger partial charge on any atom is 0.500 e. The molecule has 2 amide bonds. The number of amides is 2. The van der Waals surface area contributed by atoms with Crippen molar-refractivity contribution in [2.24, 2.45) is 0 Å². The van der Waals surface area contributed by atoms with Gasteiger partial charge in [0, 0.05) is 44.4 Å². The quantitative estimate of drug-likeness (QED) is 0.166. The van der Waals surface area contributed by atoms with Crippen LogP contribution in [0.25, 0.3) is 0 Å². The molecule has 0 atom stereocenters. The molecule has 2 aromatic carbocycles. The number of hydrogen-bond donors (Lipinski definition) is 2. The van der Waals surface area contributed by atoms with Gasteiger partial charge in [-0.15, -0.1) is 0 Å². The molecule has 2 aromatic rings. The van der Waals surface area contributed by atoms with E-state index in [4.69, 9.17) is 22.8 Å². The first-order valence-electron chi connectivity index (χ1n) is 14.2. The summed E-state index contributed by atoms with van der Waals surface area (Å²) in [6.45, 7) is 14.6. The van der Waals surface area contributed by atoms with Crippen LogP contribution >= 0.6 is 0 Å². The maximum atomic E-state index is 12.3. The van der Waals surface area contributed by atoms with Gasteiger partial charge in [0.2, 0.25) is 0 Å². The normalized spacial score (nSPS) is 11.7. The molecule has 2 N–H and O–H groups in total. The molecule has 0 saturated heterocycles. The van der Waals surface area contributed by atoms with Gasteiger partial charge >= 0.3 is 21.0 Å². The van der Waals surface area contributed by atoms with Crippen LogP contribution in [-0.4, -0.2) is 53.9 Å². The van der Waals surface area contributed by atoms with Crippen LogP contribution in [0, 0.1) is 0 Å². The SMILES string of the molecule is CCCCNC(=O)Oc1ccc(C(C)(C)c2ccc(OC(=O)NCCC[Si](OCC)(OCC)OCC)cc2)cc1. The Kier molecular flexibility index (Phi) is 14.2. The summed E-state index contributed by atoms with van der Waals surface area (Å²) in [7, 11) is -2.73. The molecule has 9 nitrogen and oxygen atoms in total. The van der Waals surface area contributed by atoms with Gasteiger partial charge in [0.05, 0.1) is 0 Å². The smallest absolute Gasteiger partial charge is 0.410 e. The van der Waals surface area contributed by atoms with Gasteiger partial charge in [-0.1, -0.05) is 51.5 Å². The standard InChI is InChI=1S/C30H46N2O7Si/c1-7-11-21-31-28(33)38-26-17-13-24(14-18-26)30(5,6)25-15-19-27(20-16-25)39-29(34)32-22-12-23-40(35-8-2,36-9-3)37-10-4/h13-20H,7-12,21-23H2,1-6H3,(H,31,33)(H,32,34). The zero-order valence-corrected chi connectivity index (χ0v) is 25.8. The molecule has 0 heterocycles. The summed E-state index contributed by atoms with van der Waals surface area (Å²) in [5.41, 5.74) is 1.79. The molecule has 40 heavy (non-hydrogen) atoms. The van der Waals surface area contributed by atoms with Crippen molar-refractivity contribution in [1.82, 2.24) is 10.6 Å². The second-order valence-corrected chi connectivity index (χ2v) is 12.5. The molecule has 0 fully saturated rings. The van der Waals surface area contributed by atoms with Crippen LogP contribution in [0.2, 0.25) is 6.04 Å². The third-order valence-electron chi connectivity index (χ3n) is 6.39. The van der Waals surface area contributed by atoms with E-state index in [9.17, 15) is 9.59 Å². The van der Waals surface area contributed by atoms with Crippen LogP contribution in [-0.2, 0) is 18.7 Å². The zero-order chi connectivity index (χ0) is 29.4. The van der Waals surface area contributed by atoms with E-state index in [1.165, 1.54) is 0 Å². The van der Waals surface area contributed by atoms with Crippen molar-refractivity contribution in [3.8, 4) is 11.5 Å². The summed E-state index contributed by atoms with van der Waals surface area (Å²) in [4.78, 5) is 24.2. The Balaban J connectivity index is 1.88. The number of unbranched alkanes of at least 4 members (excludes halogenated alkanes) is 1. The number of hydrogen-bond acceptors (Lipinski definition) is 7. The average molecular weight is 575 g/mol. The number of carbonyl (C=O) groups excluding carboxylic acids is 2. The highest BCUT2D eigenvalue weighted by molar-refractivity contribution is 6.60. The molecule has 0 spiro atoms. The summed E-state index contributed by atoms with van der Waals surface area (Å²) in [5, 5.41) is 5.53. The van der Waals surface area contributed by atoms with E-state index >= 15 is 0 Å². The van der Waals surface area contributed by atoms with E-state index in [1.807, 2.05) is 45.0 Å². The molecule has 0 aliphatic rings. The van der Waals surface area contributed by atoms with Crippen molar-refractivity contribution >= 4 is 21.0 Å². The molecule has 0 aromatic heterocycles.